The lowest BCUT2D eigenvalue weighted by Crippen LogP contribution is -2.26. The Morgan fingerprint density at radius 3 is 1.46 bits per heavy atom. The van der Waals surface area contributed by atoms with Crippen molar-refractivity contribution in [2.24, 2.45) is 0 Å². The average molecular weight is 691 g/mol. The number of benzene rings is 9. The van der Waals surface area contributed by atoms with Crippen molar-refractivity contribution in [3.63, 3.8) is 0 Å². The second-order valence-electron chi connectivity index (χ2n) is 14.1. The predicted octanol–water partition coefficient (Wildman–Crippen LogP) is 14.0. The zero-order chi connectivity index (χ0) is 40.0. The molecule has 2 aliphatic rings. The molecule has 0 N–H and O–H groups in total. The molecule has 9 aromatic carbocycles. The lowest BCUT2D eigenvalue weighted by atomic mass is 9.70. The van der Waals surface area contributed by atoms with Crippen LogP contribution >= 0.6 is 0 Å². The third-order valence-electron chi connectivity index (χ3n) is 11.3. The van der Waals surface area contributed by atoms with E-state index in [1.165, 1.54) is 55.3 Å². The average Bonchev–Trinajstić information content (AvgIpc) is 3.74. The summed E-state index contributed by atoms with van der Waals surface area (Å²) in [4.78, 5) is 2.25. The Morgan fingerprint density at radius 2 is 0.815 bits per heavy atom. The highest BCUT2D eigenvalue weighted by atomic mass is 15.1. The van der Waals surface area contributed by atoms with Gasteiger partial charge in [-0.25, -0.2) is 0 Å². The minimum absolute atomic E-state index is 0.185. The van der Waals surface area contributed by atoms with E-state index in [4.69, 9.17) is 6.85 Å². The summed E-state index contributed by atoms with van der Waals surface area (Å²) in [5.41, 5.74) is 15.2. The fourth-order valence-corrected chi connectivity index (χ4v) is 9.00. The Balaban J connectivity index is 1.14. The molecular weight excluding hydrogens is 651 g/mol. The van der Waals surface area contributed by atoms with Gasteiger partial charge in [-0.15, -0.1) is 0 Å². The Labute approximate surface area is 323 Å². The van der Waals surface area contributed by atoms with Crippen LogP contribution < -0.4 is 4.90 Å². The molecule has 54 heavy (non-hydrogen) atoms. The highest BCUT2D eigenvalue weighted by Crippen LogP contribution is 2.63. The van der Waals surface area contributed by atoms with Crippen molar-refractivity contribution in [3.05, 3.63) is 234 Å². The molecule has 0 radical (unpaired) electrons. The molecule has 0 saturated heterocycles. The highest BCUT2D eigenvalue weighted by molar-refractivity contribution is 6.00. The zero-order valence-corrected chi connectivity index (χ0v) is 29.3. The van der Waals surface area contributed by atoms with E-state index < -0.39 is 11.5 Å². The lowest BCUT2D eigenvalue weighted by Gasteiger charge is -2.32. The largest absolute Gasteiger partial charge is 0.310 e. The summed E-state index contributed by atoms with van der Waals surface area (Å²) in [6.07, 6.45) is 0. The quantitative estimate of drug-likeness (QED) is 0.174. The van der Waals surface area contributed by atoms with Crippen molar-refractivity contribution in [3.8, 4) is 44.5 Å². The van der Waals surface area contributed by atoms with Gasteiger partial charge in [-0.3, -0.25) is 0 Å². The van der Waals surface area contributed by atoms with Crippen molar-refractivity contribution >= 4 is 27.8 Å². The van der Waals surface area contributed by atoms with Gasteiger partial charge >= 0.3 is 0 Å². The topological polar surface area (TPSA) is 3.24 Å². The highest BCUT2D eigenvalue weighted by Gasteiger charge is 2.51. The fourth-order valence-electron chi connectivity index (χ4n) is 9.00. The molecule has 252 valence electrons. The summed E-state index contributed by atoms with van der Waals surface area (Å²) >= 11 is 0. The van der Waals surface area contributed by atoms with Gasteiger partial charge in [-0.2, -0.15) is 0 Å². The Morgan fingerprint density at radius 1 is 0.333 bits per heavy atom. The molecule has 0 aliphatic heterocycles. The molecule has 0 atom stereocenters. The summed E-state index contributed by atoms with van der Waals surface area (Å²) in [7, 11) is 0. The molecule has 1 spiro atoms. The van der Waals surface area contributed by atoms with Crippen molar-refractivity contribution in [2.45, 2.75) is 5.41 Å². The predicted molar refractivity (Wildman–Crippen MR) is 226 cm³/mol. The number of rotatable bonds is 5. The minimum atomic E-state index is -0.550. The van der Waals surface area contributed by atoms with Gasteiger partial charge in [0.1, 0.15) is 0 Å². The van der Waals surface area contributed by atoms with Gasteiger partial charge in [0.2, 0.25) is 0 Å². The molecule has 0 saturated carbocycles. The van der Waals surface area contributed by atoms with Crippen LogP contribution in [0.15, 0.2) is 212 Å². The van der Waals surface area contributed by atoms with Gasteiger partial charge in [0.05, 0.1) is 12.3 Å². The van der Waals surface area contributed by atoms with Crippen LogP contribution in [0.25, 0.3) is 55.3 Å². The van der Waals surface area contributed by atoms with Crippen molar-refractivity contribution < 1.29 is 6.85 Å². The standard InChI is InChI=1S/C53H35N/c1-3-13-36(14-4-1)38-23-27-42(28-24-38)54(43-29-25-39(26-30-43)37-15-5-2-6-16-37)44-31-32-47-48-33-40-17-7-8-18-41(40)34-51(48)53(52(47)35-44)49-21-11-9-19-45(49)46-20-10-12-22-50(46)53/h1-35H/i1D,3D,4D,13D,14D. The maximum atomic E-state index is 8.64. The van der Waals surface area contributed by atoms with E-state index >= 15 is 0 Å². The molecule has 1 nitrogen and oxygen atoms in total. The second-order valence-corrected chi connectivity index (χ2v) is 14.1. The molecular formula is C53H35N. The summed E-state index contributed by atoms with van der Waals surface area (Å²) in [5, 5.41) is 2.41. The van der Waals surface area contributed by atoms with Crippen LogP contribution in [0.1, 0.15) is 29.1 Å². The molecule has 0 fully saturated rings. The van der Waals surface area contributed by atoms with Gasteiger partial charge in [0.15, 0.2) is 0 Å². The number of fused-ring (bicyclic) bond motifs is 11. The first kappa shape index (κ1) is 25.9. The molecule has 1 heteroatoms. The zero-order valence-electron chi connectivity index (χ0n) is 34.3. The van der Waals surface area contributed by atoms with E-state index in [0.29, 0.717) is 5.56 Å². The van der Waals surface area contributed by atoms with Gasteiger partial charge < -0.3 is 4.90 Å². The molecule has 0 aromatic heterocycles. The number of hydrogen-bond acceptors (Lipinski definition) is 1. The maximum Gasteiger partial charge on any atom is 0.0726 e. The van der Waals surface area contributed by atoms with E-state index in [2.05, 4.69) is 144 Å². The van der Waals surface area contributed by atoms with Crippen LogP contribution in [0.5, 0.6) is 0 Å². The number of hydrogen-bond donors (Lipinski definition) is 0. The molecule has 0 heterocycles. The molecule has 9 aromatic rings. The first-order valence-corrected chi connectivity index (χ1v) is 18.3. The molecule has 11 rings (SSSR count). The van der Waals surface area contributed by atoms with Gasteiger partial charge in [0.25, 0.3) is 0 Å². The minimum Gasteiger partial charge on any atom is -0.310 e. The number of anilines is 3. The van der Waals surface area contributed by atoms with Gasteiger partial charge in [-0.1, -0.05) is 164 Å². The summed E-state index contributed by atoms with van der Waals surface area (Å²) in [6, 6.07) is 63.0. The second kappa shape index (κ2) is 12.0. The van der Waals surface area contributed by atoms with Gasteiger partial charge in [-0.05, 0) is 126 Å². The Hall–Kier alpha value is -6.96. The van der Waals surface area contributed by atoms with E-state index in [0.717, 1.165) is 28.2 Å². The van der Waals surface area contributed by atoms with Crippen LogP contribution in [0, 0.1) is 0 Å². The number of nitrogens with zero attached hydrogens (tertiary/aromatic N) is 1. The maximum absolute atomic E-state index is 8.64. The Kier molecular flexibility index (Phi) is 5.78. The normalized spacial score (nSPS) is 14.3. The third kappa shape index (κ3) is 4.52. The van der Waals surface area contributed by atoms with Crippen molar-refractivity contribution in [1.29, 1.82) is 0 Å². The SMILES string of the molecule is [2H]c1c([2H])c([2H])c(-c2ccc(N(c3ccc(-c4ccccc4)cc3)c3ccc4c(c3)C3(c5ccccc5-c5ccccc53)c3cc5ccccc5cc3-4)cc2)c([2H])c1[2H]. The van der Waals surface area contributed by atoms with E-state index in [1.54, 1.807) is 0 Å². The van der Waals surface area contributed by atoms with Crippen LogP contribution in [-0.2, 0) is 5.41 Å². The molecule has 0 bridgehead atoms. The summed E-state index contributed by atoms with van der Waals surface area (Å²) in [5.74, 6) is 0. The lowest BCUT2D eigenvalue weighted by molar-refractivity contribution is 0.795. The van der Waals surface area contributed by atoms with Crippen LogP contribution in [0.4, 0.5) is 17.1 Å². The van der Waals surface area contributed by atoms with Crippen LogP contribution in [0.2, 0.25) is 0 Å². The first-order chi connectivity index (χ1) is 28.8. The van der Waals surface area contributed by atoms with E-state index in [9.17, 15) is 0 Å². The molecule has 2 aliphatic carbocycles. The Bertz CT molecular complexity index is 3080. The van der Waals surface area contributed by atoms with Crippen LogP contribution in [0.3, 0.4) is 0 Å². The van der Waals surface area contributed by atoms with E-state index in [-0.39, 0.29) is 29.7 Å². The smallest absolute Gasteiger partial charge is 0.0726 e. The molecule has 0 unspecified atom stereocenters. The summed E-state index contributed by atoms with van der Waals surface area (Å²) < 4.78 is 42.0. The molecule has 0 amide bonds. The van der Waals surface area contributed by atoms with Crippen molar-refractivity contribution in [2.75, 3.05) is 4.90 Å². The third-order valence-corrected chi connectivity index (χ3v) is 11.3. The van der Waals surface area contributed by atoms with Crippen molar-refractivity contribution in [1.82, 2.24) is 0 Å². The van der Waals surface area contributed by atoms with Crippen LogP contribution in [-0.4, -0.2) is 0 Å². The fraction of sp³-hybridized carbons (Fsp3) is 0.0189. The van der Waals surface area contributed by atoms with E-state index in [1.807, 2.05) is 42.5 Å². The summed E-state index contributed by atoms with van der Waals surface area (Å²) in [6.45, 7) is 0. The van der Waals surface area contributed by atoms with Gasteiger partial charge in [0, 0.05) is 17.1 Å². The monoisotopic (exact) mass is 690 g/mol. The first-order valence-electron chi connectivity index (χ1n) is 20.8.